The molecule has 2 fully saturated rings. The molecule has 0 radical (unpaired) electrons. The number of carboxylic acid groups (broad SMARTS) is 1. The molecule has 3 rings (SSSR count). The molecular formula is C19H24N2O4. The van der Waals surface area contributed by atoms with Gasteiger partial charge in [-0.25, -0.2) is 0 Å². The van der Waals surface area contributed by atoms with Crippen molar-refractivity contribution in [1.29, 1.82) is 0 Å². The molecule has 0 aromatic heterocycles. The van der Waals surface area contributed by atoms with Gasteiger partial charge in [0, 0.05) is 30.6 Å². The third kappa shape index (κ3) is 4.18. The van der Waals surface area contributed by atoms with Crippen molar-refractivity contribution in [3.8, 4) is 0 Å². The van der Waals surface area contributed by atoms with Crippen LogP contribution in [0.4, 0.5) is 0 Å². The highest BCUT2D eigenvalue weighted by Crippen LogP contribution is 2.27. The first-order chi connectivity index (χ1) is 12.0. The van der Waals surface area contributed by atoms with E-state index in [9.17, 15) is 14.4 Å². The molecule has 1 aromatic rings. The second kappa shape index (κ2) is 7.68. The maximum Gasteiger partial charge on any atom is 0.306 e. The Morgan fingerprint density at radius 3 is 2.24 bits per heavy atom. The number of nitrogens with one attached hydrogen (secondary N) is 1. The van der Waals surface area contributed by atoms with Gasteiger partial charge in [0.05, 0.1) is 5.92 Å². The summed E-state index contributed by atoms with van der Waals surface area (Å²) in [7, 11) is 0. The minimum Gasteiger partial charge on any atom is -0.481 e. The van der Waals surface area contributed by atoms with Gasteiger partial charge in [0.25, 0.3) is 5.91 Å². The smallest absolute Gasteiger partial charge is 0.306 e. The van der Waals surface area contributed by atoms with E-state index in [1.165, 1.54) is 0 Å². The Labute approximate surface area is 147 Å². The highest BCUT2D eigenvalue weighted by molar-refractivity contribution is 5.94. The lowest BCUT2D eigenvalue weighted by Crippen LogP contribution is -2.45. The van der Waals surface area contributed by atoms with E-state index in [2.05, 4.69) is 5.32 Å². The number of likely N-dealkylation sites (tertiary alicyclic amines) is 1. The van der Waals surface area contributed by atoms with E-state index < -0.39 is 5.97 Å². The van der Waals surface area contributed by atoms with Gasteiger partial charge in [0.2, 0.25) is 5.91 Å². The van der Waals surface area contributed by atoms with Crippen molar-refractivity contribution in [2.45, 2.75) is 38.1 Å². The van der Waals surface area contributed by atoms with Crippen molar-refractivity contribution in [1.82, 2.24) is 10.2 Å². The topological polar surface area (TPSA) is 86.7 Å². The van der Waals surface area contributed by atoms with Crippen molar-refractivity contribution in [2.75, 3.05) is 13.1 Å². The van der Waals surface area contributed by atoms with Crippen LogP contribution in [0.25, 0.3) is 0 Å². The minimum absolute atomic E-state index is 0.00264. The molecule has 0 bridgehead atoms. The first-order valence-corrected chi connectivity index (χ1v) is 8.92. The molecule has 2 amide bonds. The van der Waals surface area contributed by atoms with E-state index >= 15 is 0 Å². The number of rotatable bonds is 4. The Balaban J connectivity index is 1.47. The van der Waals surface area contributed by atoms with Crippen molar-refractivity contribution in [3.05, 3.63) is 35.9 Å². The molecule has 2 N–H and O–H groups in total. The van der Waals surface area contributed by atoms with Crippen molar-refractivity contribution >= 4 is 17.8 Å². The molecule has 134 valence electrons. The fourth-order valence-corrected chi connectivity index (χ4v) is 3.76. The number of carbonyl (C=O) groups excluding carboxylic acids is 2. The van der Waals surface area contributed by atoms with Crippen LogP contribution in [0.3, 0.4) is 0 Å². The predicted octanol–water partition coefficient (Wildman–Crippen LogP) is 1.91. The molecule has 1 heterocycles. The summed E-state index contributed by atoms with van der Waals surface area (Å²) in [4.78, 5) is 37.6. The van der Waals surface area contributed by atoms with Crippen LogP contribution in [0, 0.1) is 11.8 Å². The van der Waals surface area contributed by atoms with Gasteiger partial charge in [-0.1, -0.05) is 18.2 Å². The quantitative estimate of drug-likeness (QED) is 0.873. The van der Waals surface area contributed by atoms with Crippen LogP contribution < -0.4 is 5.32 Å². The lowest BCUT2D eigenvalue weighted by Gasteiger charge is -2.32. The molecule has 6 nitrogen and oxygen atoms in total. The molecule has 1 aromatic carbocycles. The van der Waals surface area contributed by atoms with Crippen molar-refractivity contribution in [3.63, 3.8) is 0 Å². The number of aliphatic carboxylic acids is 1. The zero-order valence-corrected chi connectivity index (χ0v) is 14.2. The Morgan fingerprint density at radius 1 is 0.960 bits per heavy atom. The third-order valence-electron chi connectivity index (χ3n) is 5.30. The van der Waals surface area contributed by atoms with Gasteiger partial charge in [-0.3, -0.25) is 14.4 Å². The molecule has 0 spiro atoms. The van der Waals surface area contributed by atoms with E-state index in [-0.39, 0.29) is 29.7 Å². The van der Waals surface area contributed by atoms with Crippen LogP contribution in [-0.2, 0) is 9.59 Å². The summed E-state index contributed by atoms with van der Waals surface area (Å²) in [5, 5.41) is 12.0. The Kier molecular flexibility index (Phi) is 5.36. The average Bonchev–Trinajstić information content (AvgIpc) is 3.11. The highest BCUT2D eigenvalue weighted by Gasteiger charge is 2.33. The molecule has 1 saturated heterocycles. The number of carbonyl (C=O) groups is 3. The predicted molar refractivity (Wildman–Crippen MR) is 92.0 cm³/mol. The number of benzene rings is 1. The fourth-order valence-electron chi connectivity index (χ4n) is 3.76. The van der Waals surface area contributed by atoms with Gasteiger partial charge >= 0.3 is 5.97 Å². The lowest BCUT2D eigenvalue weighted by atomic mass is 9.95. The average molecular weight is 344 g/mol. The summed E-state index contributed by atoms with van der Waals surface area (Å²) < 4.78 is 0. The summed E-state index contributed by atoms with van der Waals surface area (Å²) >= 11 is 0. The van der Waals surface area contributed by atoms with Crippen LogP contribution >= 0.6 is 0 Å². The van der Waals surface area contributed by atoms with Crippen LogP contribution in [-0.4, -0.2) is 46.9 Å². The second-order valence-electron chi connectivity index (χ2n) is 6.99. The summed E-state index contributed by atoms with van der Waals surface area (Å²) in [6, 6.07) is 9.15. The Hall–Kier alpha value is -2.37. The third-order valence-corrected chi connectivity index (χ3v) is 5.30. The number of hydrogen-bond donors (Lipinski definition) is 2. The summed E-state index contributed by atoms with van der Waals surface area (Å²) in [6.45, 7) is 1.16. The summed E-state index contributed by atoms with van der Waals surface area (Å²) in [6.07, 6.45) is 3.18. The molecular weight excluding hydrogens is 320 g/mol. The van der Waals surface area contributed by atoms with Gasteiger partial charge in [0.1, 0.15) is 0 Å². The zero-order valence-electron chi connectivity index (χ0n) is 14.2. The minimum atomic E-state index is -0.774. The summed E-state index contributed by atoms with van der Waals surface area (Å²) in [5.74, 6) is -1.19. The van der Waals surface area contributed by atoms with Crippen LogP contribution in [0.15, 0.2) is 30.3 Å². The molecule has 1 aliphatic carbocycles. The van der Waals surface area contributed by atoms with Gasteiger partial charge in [-0.2, -0.15) is 0 Å². The largest absolute Gasteiger partial charge is 0.481 e. The molecule has 1 aliphatic heterocycles. The monoisotopic (exact) mass is 344 g/mol. The molecule has 1 saturated carbocycles. The number of nitrogens with zero attached hydrogens (tertiary/aromatic N) is 1. The van der Waals surface area contributed by atoms with E-state index in [1.807, 2.05) is 18.2 Å². The second-order valence-corrected chi connectivity index (χ2v) is 6.99. The Morgan fingerprint density at radius 2 is 1.64 bits per heavy atom. The summed E-state index contributed by atoms with van der Waals surface area (Å²) in [5.41, 5.74) is 0.677. The van der Waals surface area contributed by atoms with E-state index in [4.69, 9.17) is 5.11 Å². The molecule has 0 unspecified atom stereocenters. The van der Waals surface area contributed by atoms with Crippen LogP contribution in [0.2, 0.25) is 0 Å². The Bertz CT molecular complexity index is 638. The van der Waals surface area contributed by atoms with Crippen LogP contribution in [0.1, 0.15) is 42.5 Å². The van der Waals surface area contributed by atoms with Crippen molar-refractivity contribution in [2.24, 2.45) is 11.8 Å². The fraction of sp³-hybridized carbons (Fsp3) is 0.526. The first kappa shape index (κ1) is 17.5. The molecule has 2 atom stereocenters. The highest BCUT2D eigenvalue weighted by atomic mass is 16.4. The molecule has 2 aliphatic rings. The van der Waals surface area contributed by atoms with E-state index in [0.29, 0.717) is 44.3 Å². The standard InChI is InChI=1S/C19H24N2O4/c22-17(20-16-7-6-15(12-16)19(24)25)13-8-10-21(11-9-13)18(23)14-4-2-1-3-5-14/h1-5,13,15-16H,6-12H2,(H,20,22)(H,24,25)/t15-,16+/m0/s1. The molecule has 25 heavy (non-hydrogen) atoms. The van der Waals surface area contributed by atoms with Crippen molar-refractivity contribution < 1.29 is 19.5 Å². The van der Waals surface area contributed by atoms with E-state index in [1.54, 1.807) is 17.0 Å². The van der Waals surface area contributed by atoms with Gasteiger partial charge in [-0.15, -0.1) is 0 Å². The van der Waals surface area contributed by atoms with Crippen LogP contribution in [0.5, 0.6) is 0 Å². The number of amides is 2. The van der Waals surface area contributed by atoms with Gasteiger partial charge < -0.3 is 15.3 Å². The number of hydrogen-bond acceptors (Lipinski definition) is 3. The molecule has 6 heteroatoms. The van der Waals surface area contributed by atoms with Gasteiger partial charge in [-0.05, 0) is 44.2 Å². The van der Waals surface area contributed by atoms with Gasteiger partial charge in [0.15, 0.2) is 0 Å². The lowest BCUT2D eigenvalue weighted by molar-refractivity contribution is -0.141. The van der Waals surface area contributed by atoms with E-state index in [0.717, 1.165) is 6.42 Å². The normalized spacial score (nSPS) is 24.1. The zero-order chi connectivity index (χ0) is 17.8. The maximum absolute atomic E-state index is 12.4. The first-order valence-electron chi connectivity index (χ1n) is 8.92. The SMILES string of the molecule is O=C(N[C@@H]1CC[C@H](C(=O)O)C1)C1CCN(C(=O)c2ccccc2)CC1. The maximum atomic E-state index is 12.4. The number of carboxylic acids is 1. The number of piperidine rings is 1.